The number of fused-ring (bicyclic) bond motifs is 3. The Hall–Kier alpha value is -2.69. The highest BCUT2D eigenvalue weighted by molar-refractivity contribution is 6.10. The summed E-state index contributed by atoms with van der Waals surface area (Å²) in [7, 11) is 0. The molecule has 0 bridgehead atoms. The standard InChI is InChI=1S/C14H11N3O2/c1-7-4-5-16-12-11(7)9-3-2-8(14(18)19)6-10(9)17-13(12)15/h2-6H,1H3,(H2,15,17)(H,18,19). The molecule has 0 aliphatic rings. The number of nitrogens with two attached hydrogens (primary N) is 1. The molecule has 0 spiro atoms. The van der Waals surface area contributed by atoms with Gasteiger partial charge in [-0.3, -0.25) is 4.98 Å². The number of aryl methyl sites for hydroxylation is 1. The first-order chi connectivity index (χ1) is 9.08. The highest BCUT2D eigenvalue weighted by atomic mass is 16.4. The van der Waals surface area contributed by atoms with Crippen molar-refractivity contribution in [3.8, 4) is 0 Å². The first kappa shape index (κ1) is 11.4. The van der Waals surface area contributed by atoms with Crippen LogP contribution in [0.3, 0.4) is 0 Å². The number of benzene rings is 1. The first-order valence-corrected chi connectivity index (χ1v) is 5.76. The van der Waals surface area contributed by atoms with Gasteiger partial charge in [0.15, 0.2) is 5.82 Å². The third kappa shape index (κ3) is 1.67. The van der Waals surface area contributed by atoms with Crippen LogP contribution in [0.25, 0.3) is 21.8 Å². The number of nitrogens with zero attached hydrogens (tertiary/aromatic N) is 2. The quantitative estimate of drug-likeness (QED) is 0.650. The van der Waals surface area contributed by atoms with E-state index in [9.17, 15) is 4.79 Å². The topological polar surface area (TPSA) is 89.1 Å². The summed E-state index contributed by atoms with van der Waals surface area (Å²) >= 11 is 0. The van der Waals surface area contributed by atoms with Gasteiger partial charge in [-0.1, -0.05) is 6.07 Å². The van der Waals surface area contributed by atoms with Gasteiger partial charge in [0.25, 0.3) is 0 Å². The zero-order valence-corrected chi connectivity index (χ0v) is 10.2. The van der Waals surface area contributed by atoms with Crippen molar-refractivity contribution < 1.29 is 9.90 Å². The van der Waals surface area contributed by atoms with Crippen molar-refractivity contribution in [3.05, 3.63) is 41.6 Å². The summed E-state index contributed by atoms with van der Waals surface area (Å²) in [5.41, 5.74) is 8.34. The number of carboxylic acids is 1. The van der Waals surface area contributed by atoms with E-state index < -0.39 is 5.97 Å². The van der Waals surface area contributed by atoms with E-state index in [0.717, 1.165) is 16.3 Å². The van der Waals surface area contributed by atoms with Gasteiger partial charge in [0.05, 0.1) is 11.1 Å². The average Bonchev–Trinajstić information content (AvgIpc) is 2.38. The Bertz CT molecular complexity index is 828. The number of aromatic carboxylic acids is 1. The molecule has 2 heterocycles. The van der Waals surface area contributed by atoms with E-state index in [1.165, 1.54) is 6.07 Å². The molecule has 94 valence electrons. The highest BCUT2D eigenvalue weighted by Gasteiger charge is 2.11. The van der Waals surface area contributed by atoms with Gasteiger partial charge in [0.2, 0.25) is 0 Å². The van der Waals surface area contributed by atoms with Gasteiger partial charge in [0.1, 0.15) is 5.52 Å². The molecule has 19 heavy (non-hydrogen) atoms. The van der Waals surface area contributed by atoms with Crippen LogP contribution in [0, 0.1) is 6.92 Å². The smallest absolute Gasteiger partial charge is 0.335 e. The van der Waals surface area contributed by atoms with Crippen molar-refractivity contribution in [2.75, 3.05) is 5.73 Å². The van der Waals surface area contributed by atoms with E-state index in [2.05, 4.69) is 9.97 Å². The Morgan fingerprint density at radius 1 is 1.32 bits per heavy atom. The number of nitrogen functional groups attached to an aromatic ring is 1. The minimum absolute atomic E-state index is 0.195. The molecule has 0 aliphatic heterocycles. The van der Waals surface area contributed by atoms with E-state index >= 15 is 0 Å². The molecule has 3 N–H and O–H groups in total. The van der Waals surface area contributed by atoms with Crippen LogP contribution in [0.4, 0.5) is 5.82 Å². The zero-order chi connectivity index (χ0) is 13.6. The second-order valence-corrected chi connectivity index (χ2v) is 4.39. The summed E-state index contributed by atoms with van der Waals surface area (Å²) in [4.78, 5) is 19.5. The van der Waals surface area contributed by atoms with Crippen molar-refractivity contribution in [2.45, 2.75) is 6.92 Å². The van der Waals surface area contributed by atoms with Crippen LogP contribution in [0.15, 0.2) is 30.5 Å². The number of carbonyl (C=O) groups is 1. The number of pyridine rings is 2. The largest absolute Gasteiger partial charge is 0.478 e. The van der Waals surface area contributed by atoms with Crippen molar-refractivity contribution in [3.63, 3.8) is 0 Å². The summed E-state index contributed by atoms with van der Waals surface area (Å²) in [5.74, 6) is -0.668. The van der Waals surface area contributed by atoms with Gasteiger partial charge < -0.3 is 10.8 Å². The molecule has 0 aliphatic carbocycles. The Morgan fingerprint density at radius 3 is 2.84 bits per heavy atom. The molecule has 5 nitrogen and oxygen atoms in total. The molecule has 0 amide bonds. The molecule has 0 atom stereocenters. The fraction of sp³-hybridized carbons (Fsp3) is 0.0714. The molecular weight excluding hydrogens is 242 g/mol. The number of rotatable bonds is 1. The lowest BCUT2D eigenvalue weighted by molar-refractivity contribution is 0.0697. The van der Waals surface area contributed by atoms with E-state index in [1.807, 2.05) is 13.0 Å². The summed E-state index contributed by atoms with van der Waals surface area (Å²) in [5, 5.41) is 10.8. The van der Waals surface area contributed by atoms with Crippen LogP contribution in [0.1, 0.15) is 15.9 Å². The number of anilines is 1. The molecule has 1 aromatic carbocycles. The molecular formula is C14H11N3O2. The minimum Gasteiger partial charge on any atom is -0.478 e. The van der Waals surface area contributed by atoms with E-state index in [1.54, 1.807) is 18.3 Å². The first-order valence-electron chi connectivity index (χ1n) is 5.76. The van der Waals surface area contributed by atoms with Crippen LogP contribution < -0.4 is 5.73 Å². The number of hydrogen-bond acceptors (Lipinski definition) is 4. The lowest BCUT2D eigenvalue weighted by atomic mass is 10.0. The maximum Gasteiger partial charge on any atom is 0.335 e. The van der Waals surface area contributed by atoms with Gasteiger partial charge in [-0.2, -0.15) is 0 Å². The average molecular weight is 253 g/mol. The van der Waals surface area contributed by atoms with Crippen molar-refractivity contribution in [2.24, 2.45) is 0 Å². The fourth-order valence-corrected chi connectivity index (χ4v) is 2.24. The van der Waals surface area contributed by atoms with Crippen molar-refractivity contribution in [1.29, 1.82) is 0 Å². The summed E-state index contributed by atoms with van der Waals surface area (Å²) in [6.07, 6.45) is 1.69. The van der Waals surface area contributed by atoms with Crippen molar-refractivity contribution in [1.82, 2.24) is 9.97 Å². The second-order valence-electron chi connectivity index (χ2n) is 4.39. The minimum atomic E-state index is -0.981. The Balaban J connectivity index is 2.51. The van der Waals surface area contributed by atoms with Crippen LogP contribution in [0.2, 0.25) is 0 Å². The van der Waals surface area contributed by atoms with Crippen LogP contribution in [0.5, 0.6) is 0 Å². The van der Waals surface area contributed by atoms with Crippen LogP contribution in [-0.4, -0.2) is 21.0 Å². The Morgan fingerprint density at radius 2 is 2.11 bits per heavy atom. The molecule has 5 heteroatoms. The molecule has 3 rings (SSSR count). The van der Waals surface area contributed by atoms with E-state index in [-0.39, 0.29) is 5.56 Å². The maximum atomic E-state index is 11.0. The van der Waals surface area contributed by atoms with E-state index in [4.69, 9.17) is 10.8 Å². The predicted molar refractivity (Wildman–Crippen MR) is 73.2 cm³/mol. The lowest BCUT2D eigenvalue weighted by Gasteiger charge is -2.08. The zero-order valence-electron chi connectivity index (χ0n) is 10.2. The highest BCUT2D eigenvalue weighted by Crippen LogP contribution is 2.29. The molecule has 0 unspecified atom stereocenters. The van der Waals surface area contributed by atoms with Crippen LogP contribution >= 0.6 is 0 Å². The molecule has 0 fully saturated rings. The monoisotopic (exact) mass is 253 g/mol. The van der Waals surface area contributed by atoms with Gasteiger partial charge in [0, 0.05) is 17.0 Å². The number of carboxylic acid groups (broad SMARTS) is 1. The van der Waals surface area contributed by atoms with Crippen molar-refractivity contribution >= 4 is 33.6 Å². The van der Waals surface area contributed by atoms with Crippen LogP contribution in [-0.2, 0) is 0 Å². The lowest BCUT2D eigenvalue weighted by Crippen LogP contribution is -1.99. The number of hydrogen-bond donors (Lipinski definition) is 2. The molecule has 0 radical (unpaired) electrons. The maximum absolute atomic E-state index is 11.0. The Kier molecular flexibility index (Phi) is 2.35. The van der Waals surface area contributed by atoms with Gasteiger partial charge in [-0.05, 0) is 30.7 Å². The van der Waals surface area contributed by atoms with Gasteiger partial charge >= 0.3 is 5.97 Å². The van der Waals surface area contributed by atoms with Gasteiger partial charge in [-0.15, -0.1) is 0 Å². The van der Waals surface area contributed by atoms with E-state index in [0.29, 0.717) is 16.9 Å². The third-order valence-electron chi connectivity index (χ3n) is 3.16. The summed E-state index contributed by atoms with van der Waals surface area (Å²) in [6, 6.07) is 6.74. The summed E-state index contributed by atoms with van der Waals surface area (Å²) < 4.78 is 0. The third-order valence-corrected chi connectivity index (χ3v) is 3.16. The molecule has 3 aromatic rings. The second kappa shape index (κ2) is 3.91. The normalized spacial score (nSPS) is 11.0. The SMILES string of the molecule is Cc1ccnc2c(N)nc3cc(C(=O)O)ccc3c12. The summed E-state index contributed by atoms with van der Waals surface area (Å²) in [6.45, 7) is 1.97. The molecule has 0 saturated carbocycles. The predicted octanol–water partition coefficient (Wildman–Crippen LogP) is 2.37. The molecule has 2 aromatic heterocycles. The van der Waals surface area contributed by atoms with Gasteiger partial charge in [-0.25, -0.2) is 9.78 Å². The number of aromatic nitrogens is 2. The molecule has 0 saturated heterocycles. The Labute approximate surface area is 108 Å². The fourth-order valence-electron chi connectivity index (χ4n) is 2.24.